The van der Waals surface area contributed by atoms with E-state index < -0.39 is 0 Å². The van der Waals surface area contributed by atoms with Crippen molar-refractivity contribution in [2.75, 3.05) is 6.61 Å². The molecule has 0 atom stereocenters. The van der Waals surface area contributed by atoms with E-state index in [-0.39, 0.29) is 12.2 Å². The number of aliphatic hydroxyl groups is 1. The third kappa shape index (κ3) is 3.97. The van der Waals surface area contributed by atoms with Gasteiger partial charge in [-0.1, -0.05) is 18.8 Å². The van der Waals surface area contributed by atoms with Crippen LogP contribution in [0.2, 0.25) is 0 Å². The van der Waals surface area contributed by atoms with Gasteiger partial charge in [0.1, 0.15) is 6.61 Å². The minimum absolute atomic E-state index is 0.0916. The Hall–Kier alpha value is -0.820. The summed E-state index contributed by atoms with van der Waals surface area (Å²) in [6, 6.07) is 1.96. The van der Waals surface area contributed by atoms with Gasteiger partial charge in [0.25, 0.3) is 0 Å². The molecule has 0 saturated carbocycles. The van der Waals surface area contributed by atoms with Crippen LogP contribution in [-0.4, -0.2) is 17.3 Å². The average molecular weight is 238 g/mol. The van der Waals surface area contributed by atoms with Gasteiger partial charge in [0.2, 0.25) is 0 Å². The third-order valence-corrected chi connectivity index (χ3v) is 3.39. The lowest BCUT2D eigenvalue weighted by Gasteiger charge is -2.23. The summed E-state index contributed by atoms with van der Waals surface area (Å²) in [5, 5.41) is 10.7. The van der Waals surface area contributed by atoms with Crippen molar-refractivity contribution < 1.29 is 9.84 Å². The Morgan fingerprint density at radius 3 is 2.88 bits per heavy atom. The van der Waals surface area contributed by atoms with Gasteiger partial charge >= 0.3 is 0 Å². The Balaban J connectivity index is 2.64. The summed E-state index contributed by atoms with van der Waals surface area (Å²) in [5.41, 5.74) is 0.872. The molecule has 0 spiro atoms. The number of ether oxygens (including phenoxy) is 1. The largest absolute Gasteiger partial charge is 0.384 e. The van der Waals surface area contributed by atoms with Crippen molar-refractivity contribution in [3.63, 3.8) is 0 Å². The fraction of sp³-hybridized carbons (Fsp3) is 0.538. The number of rotatable bonds is 4. The van der Waals surface area contributed by atoms with Gasteiger partial charge in [0.15, 0.2) is 0 Å². The lowest BCUT2D eigenvalue weighted by atomic mass is 10.1. The topological polar surface area (TPSA) is 29.5 Å². The van der Waals surface area contributed by atoms with Crippen LogP contribution in [0.3, 0.4) is 0 Å². The van der Waals surface area contributed by atoms with E-state index in [2.05, 4.69) is 32.6 Å². The number of aliphatic hydroxyl groups excluding tert-OH is 1. The van der Waals surface area contributed by atoms with Crippen molar-refractivity contribution >= 4 is 11.3 Å². The molecule has 0 radical (unpaired) electrons. The van der Waals surface area contributed by atoms with Crippen molar-refractivity contribution in [2.45, 2.75) is 39.4 Å². The zero-order valence-corrected chi connectivity index (χ0v) is 10.9. The van der Waals surface area contributed by atoms with Crippen molar-refractivity contribution in [1.29, 1.82) is 0 Å². The van der Waals surface area contributed by atoms with Gasteiger partial charge in [0.05, 0.1) is 12.2 Å². The van der Waals surface area contributed by atoms with E-state index in [0.717, 1.165) is 16.9 Å². The Labute approximate surface area is 101 Å². The Morgan fingerprint density at radius 2 is 2.25 bits per heavy atom. The summed E-state index contributed by atoms with van der Waals surface area (Å²) in [6.07, 6.45) is 0.982. The molecule has 16 heavy (non-hydrogen) atoms. The zero-order valence-electron chi connectivity index (χ0n) is 10.0. The average Bonchev–Trinajstić information content (AvgIpc) is 2.71. The number of hydrogen-bond donors (Lipinski definition) is 1. The van der Waals surface area contributed by atoms with Crippen LogP contribution in [0, 0.1) is 11.8 Å². The van der Waals surface area contributed by atoms with Crippen molar-refractivity contribution in [1.82, 2.24) is 0 Å². The molecule has 0 unspecified atom stereocenters. The minimum Gasteiger partial charge on any atom is -0.384 e. The summed E-state index contributed by atoms with van der Waals surface area (Å²) in [6.45, 7) is 6.77. The van der Waals surface area contributed by atoms with Gasteiger partial charge in [-0.25, -0.2) is 0 Å². The van der Waals surface area contributed by atoms with E-state index in [1.807, 2.05) is 11.4 Å². The van der Waals surface area contributed by atoms with Gasteiger partial charge in [-0.15, -0.1) is 11.3 Å². The molecule has 88 valence electrons. The summed E-state index contributed by atoms with van der Waals surface area (Å²) in [4.78, 5) is 1.13. The quantitative estimate of drug-likeness (QED) is 0.817. The molecule has 0 aliphatic heterocycles. The van der Waals surface area contributed by atoms with Crippen LogP contribution in [0.25, 0.3) is 0 Å². The van der Waals surface area contributed by atoms with Crippen LogP contribution in [0.4, 0.5) is 0 Å². The summed E-state index contributed by atoms with van der Waals surface area (Å²) in [7, 11) is 0. The predicted molar refractivity (Wildman–Crippen MR) is 67.4 cm³/mol. The van der Waals surface area contributed by atoms with Gasteiger partial charge in [-0.3, -0.25) is 0 Å². The van der Waals surface area contributed by atoms with Gasteiger partial charge in [-0.05, 0) is 31.7 Å². The smallest absolute Gasteiger partial charge is 0.104 e. The maximum atomic E-state index is 8.65. The fourth-order valence-corrected chi connectivity index (χ4v) is 1.80. The van der Waals surface area contributed by atoms with Crippen LogP contribution in [0.1, 0.15) is 37.6 Å². The lowest BCUT2D eigenvalue weighted by molar-refractivity contribution is -0.0304. The summed E-state index contributed by atoms with van der Waals surface area (Å²) >= 11 is 1.64. The summed E-state index contributed by atoms with van der Waals surface area (Å²) < 4.78 is 5.82. The van der Waals surface area contributed by atoms with E-state index >= 15 is 0 Å². The molecule has 1 rings (SSSR count). The van der Waals surface area contributed by atoms with E-state index in [1.165, 1.54) is 0 Å². The Morgan fingerprint density at radius 1 is 1.50 bits per heavy atom. The van der Waals surface area contributed by atoms with Crippen molar-refractivity contribution in [3.05, 3.63) is 21.9 Å². The van der Waals surface area contributed by atoms with Crippen LogP contribution in [0.15, 0.2) is 11.4 Å². The van der Waals surface area contributed by atoms with E-state index in [4.69, 9.17) is 9.84 Å². The highest BCUT2D eigenvalue weighted by Gasteiger charge is 2.16. The van der Waals surface area contributed by atoms with Gasteiger partial charge < -0.3 is 9.84 Å². The molecule has 0 aliphatic carbocycles. The first-order valence-corrected chi connectivity index (χ1v) is 6.27. The highest BCUT2D eigenvalue weighted by Crippen LogP contribution is 2.21. The Bertz CT molecular complexity index is 382. The highest BCUT2D eigenvalue weighted by molar-refractivity contribution is 7.10. The first-order chi connectivity index (χ1) is 7.59. The second kappa shape index (κ2) is 6.05. The zero-order chi connectivity index (χ0) is 12.0. The minimum atomic E-state index is -0.101. The maximum Gasteiger partial charge on any atom is 0.104 e. The molecule has 2 nitrogen and oxygen atoms in total. The summed E-state index contributed by atoms with van der Waals surface area (Å²) in [5.74, 6) is 5.59. The maximum absolute atomic E-state index is 8.65. The molecule has 1 N–H and O–H groups in total. The second-order valence-corrected chi connectivity index (χ2v) is 5.12. The predicted octanol–water partition coefficient (Wildman–Crippen LogP) is 2.80. The third-order valence-electron chi connectivity index (χ3n) is 2.49. The molecule has 1 aromatic heterocycles. The van der Waals surface area contributed by atoms with E-state index in [0.29, 0.717) is 6.61 Å². The molecule has 0 aromatic carbocycles. The highest BCUT2D eigenvalue weighted by atomic mass is 32.1. The molecular weight excluding hydrogens is 220 g/mol. The fourth-order valence-electron chi connectivity index (χ4n) is 1.06. The molecule has 0 saturated heterocycles. The molecule has 0 bridgehead atoms. The SMILES string of the molecule is CCC(C)(C)OCc1sccc1C#CCO. The van der Waals surface area contributed by atoms with E-state index in [9.17, 15) is 0 Å². The first kappa shape index (κ1) is 13.2. The molecule has 0 fully saturated rings. The lowest BCUT2D eigenvalue weighted by Crippen LogP contribution is -2.22. The van der Waals surface area contributed by atoms with Crippen molar-refractivity contribution in [2.24, 2.45) is 0 Å². The Kier molecular flexibility index (Phi) is 5.01. The molecule has 1 aromatic rings. The molecular formula is C13H18O2S. The number of thiophene rings is 1. The first-order valence-electron chi connectivity index (χ1n) is 5.39. The normalized spacial score (nSPS) is 11.0. The van der Waals surface area contributed by atoms with Crippen LogP contribution < -0.4 is 0 Å². The van der Waals surface area contributed by atoms with Gasteiger partial charge in [0, 0.05) is 10.4 Å². The monoisotopic (exact) mass is 238 g/mol. The van der Waals surface area contributed by atoms with Crippen LogP contribution in [-0.2, 0) is 11.3 Å². The molecule has 1 heterocycles. The molecule has 0 amide bonds. The van der Waals surface area contributed by atoms with Crippen LogP contribution in [0.5, 0.6) is 0 Å². The van der Waals surface area contributed by atoms with Gasteiger partial charge in [-0.2, -0.15) is 0 Å². The van der Waals surface area contributed by atoms with Crippen LogP contribution >= 0.6 is 11.3 Å². The molecule has 0 aliphatic rings. The second-order valence-electron chi connectivity index (χ2n) is 4.12. The number of hydrogen-bond acceptors (Lipinski definition) is 3. The molecule has 3 heteroatoms. The van der Waals surface area contributed by atoms with E-state index in [1.54, 1.807) is 11.3 Å². The van der Waals surface area contributed by atoms with Crippen molar-refractivity contribution in [3.8, 4) is 11.8 Å². The standard InChI is InChI=1S/C13H18O2S/c1-4-13(2,3)15-10-12-11(6-5-8-14)7-9-16-12/h7,9,14H,4,8,10H2,1-3H3.